The van der Waals surface area contributed by atoms with Crippen molar-refractivity contribution >= 4 is 46.8 Å². The molecule has 11 nitrogen and oxygen atoms in total. The van der Waals surface area contributed by atoms with E-state index in [4.69, 9.17) is 4.52 Å². The molecule has 1 aliphatic heterocycles. The van der Waals surface area contributed by atoms with E-state index in [9.17, 15) is 0 Å². The first-order chi connectivity index (χ1) is 14.2. The van der Waals surface area contributed by atoms with Crippen LogP contribution in [0.2, 0.25) is 0 Å². The largest absolute Gasteiger partial charge is 0.368 e. The van der Waals surface area contributed by atoms with E-state index in [0.29, 0.717) is 6.54 Å². The highest BCUT2D eigenvalue weighted by molar-refractivity contribution is 14.0. The zero-order chi connectivity index (χ0) is 20.1. The highest BCUT2D eigenvalue weighted by Crippen LogP contribution is 2.17. The van der Waals surface area contributed by atoms with Gasteiger partial charge in [0, 0.05) is 66.0 Å². The van der Waals surface area contributed by atoms with Gasteiger partial charge in [0.15, 0.2) is 11.6 Å². The second-order valence-corrected chi connectivity index (χ2v) is 6.88. The molecule has 0 radical (unpaired) electrons. The monoisotopic (exact) mass is 526 g/mol. The van der Waals surface area contributed by atoms with Crippen molar-refractivity contribution in [1.82, 2.24) is 40.0 Å². The summed E-state index contributed by atoms with van der Waals surface area (Å²) in [6.45, 7) is 6.05. The standard InChI is InChI=1S/C18H26N10O.HI/c1-19-18(28-8-6-27(7-9-28)12-14-3-10-29-25-14)21-5-4-20-16-15-11-24-26(2)17(15)23-13-22-16;/h3,10-11,13H,4-9,12H2,1-2H3,(H,19,21)(H,20,22,23);1H. The average molecular weight is 526 g/mol. The number of halogens is 1. The van der Waals surface area contributed by atoms with Crippen molar-refractivity contribution in [2.24, 2.45) is 12.0 Å². The minimum atomic E-state index is 0. The predicted octanol–water partition coefficient (Wildman–Crippen LogP) is 0.774. The molecule has 0 aromatic carbocycles. The van der Waals surface area contributed by atoms with E-state index in [-0.39, 0.29) is 24.0 Å². The number of anilines is 1. The lowest BCUT2D eigenvalue weighted by Gasteiger charge is -2.36. The summed E-state index contributed by atoms with van der Waals surface area (Å²) in [7, 11) is 3.69. The van der Waals surface area contributed by atoms with Crippen LogP contribution in [0.3, 0.4) is 0 Å². The Kier molecular flexibility index (Phi) is 7.79. The number of hydrogen-bond acceptors (Lipinski definition) is 8. The molecule has 0 atom stereocenters. The Hall–Kier alpha value is -2.48. The molecule has 30 heavy (non-hydrogen) atoms. The number of nitrogens with one attached hydrogen (secondary N) is 2. The predicted molar refractivity (Wildman–Crippen MR) is 125 cm³/mol. The molecule has 0 unspecified atom stereocenters. The van der Waals surface area contributed by atoms with Crippen LogP contribution < -0.4 is 10.6 Å². The van der Waals surface area contributed by atoms with Crippen LogP contribution in [0.1, 0.15) is 5.69 Å². The third kappa shape index (κ3) is 5.16. The molecule has 3 aromatic heterocycles. The molecule has 0 bridgehead atoms. The summed E-state index contributed by atoms with van der Waals surface area (Å²) in [6.07, 6.45) is 4.95. The lowest BCUT2D eigenvalue weighted by Crippen LogP contribution is -2.52. The van der Waals surface area contributed by atoms with Gasteiger partial charge in [-0.2, -0.15) is 5.10 Å². The summed E-state index contributed by atoms with van der Waals surface area (Å²) in [4.78, 5) is 17.7. The molecule has 0 saturated carbocycles. The quantitative estimate of drug-likeness (QED) is 0.208. The number of fused-ring (bicyclic) bond motifs is 1. The van der Waals surface area contributed by atoms with Crippen molar-refractivity contribution in [3.63, 3.8) is 0 Å². The van der Waals surface area contributed by atoms with Crippen molar-refractivity contribution in [2.75, 3.05) is 51.6 Å². The summed E-state index contributed by atoms with van der Waals surface area (Å²) in [5, 5.41) is 15.9. The number of guanidine groups is 1. The zero-order valence-corrected chi connectivity index (χ0v) is 19.5. The third-order valence-corrected chi connectivity index (χ3v) is 4.99. The fourth-order valence-corrected chi connectivity index (χ4v) is 3.46. The summed E-state index contributed by atoms with van der Waals surface area (Å²) >= 11 is 0. The van der Waals surface area contributed by atoms with Crippen molar-refractivity contribution in [3.05, 3.63) is 30.5 Å². The molecule has 0 spiro atoms. The number of aliphatic imine (C=N–C) groups is 1. The van der Waals surface area contributed by atoms with Crippen molar-refractivity contribution in [1.29, 1.82) is 0 Å². The van der Waals surface area contributed by atoms with Crippen molar-refractivity contribution < 1.29 is 4.52 Å². The first-order valence-corrected chi connectivity index (χ1v) is 9.68. The van der Waals surface area contributed by atoms with Crippen LogP contribution in [0.5, 0.6) is 0 Å². The number of hydrogen-bond donors (Lipinski definition) is 2. The summed E-state index contributed by atoms with van der Waals surface area (Å²) in [5.41, 5.74) is 1.79. The molecule has 1 fully saturated rings. The molecule has 12 heteroatoms. The van der Waals surface area contributed by atoms with Gasteiger partial charge in [-0.05, 0) is 0 Å². The molecule has 162 valence electrons. The number of rotatable bonds is 6. The van der Waals surface area contributed by atoms with Crippen LogP contribution in [-0.2, 0) is 13.6 Å². The third-order valence-electron chi connectivity index (χ3n) is 4.99. The van der Waals surface area contributed by atoms with Gasteiger partial charge in [-0.25, -0.2) is 9.97 Å². The fraction of sp³-hybridized carbons (Fsp3) is 0.500. The van der Waals surface area contributed by atoms with Crippen molar-refractivity contribution in [3.8, 4) is 0 Å². The van der Waals surface area contributed by atoms with Gasteiger partial charge in [-0.15, -0.1) is 24.0 Å². The average Bonchev–Trinajstić information content (AvgIpc) is 3.39. The minimum Gasteiger partial charge on any atom is -0.368 e. The first-order valence-electron chi connectivity index (χ1n) is 9.68. The summed E-state index contributed by atoms with van der Waals surface area (Å²) < 4.78 is 6.65. The number of piperazine rings is 1. The SMILES string of the molecule is CN=C(NCCNc1ncnc2c1cnn2C)N1CCN(Cc2ccon2)CC1.I. The normalized spacial score (nSPS) is 15.3. The van der Waals surface area contributed by atoms with Gasteiger partial charge in [0.05, 0.1) is 17.3 Å². The van der Waals surface area contributed by atoms with E-state index >= 15 is 0 Å². The van der Waals surface area contributed by atoms with Crippen LogP contribution >= 0.6 is 24.0 Å². The molecule has 0 aliphatic carbocycles. The lowest BCUT2D eigenvalue weighted by molar-refractivity contribution is 0.169. The van der Waals surface area contributed by atoms with Gasteiger partial charge >= 0.3 is 0 Å². The minimum absolute atomic E-state index is 0. The maximum Gasteiger partial charge on any atom is 0.193 e. The van der Waals surface area contributed by atoms with Crippen LogP contribution in [0.4, 0.5) is 5.82 Å². The number of aromatic nitrogens is 5. The van der Waals surface area contributed by atoms with Gasteiger partial charge in [0.25, 0.3) is 0 Å². The molecular formula is C18H27IN10O. The highest BCUT2D eigenvalue weighted by Gasteiger charge is 2.20. The van der Waals surface area contributed by atoms with Crippen LogP contribution in [0.25, 0.3) is 11.0 Å². The molecule has 4 heterocycles. The van der Waals surface area contributed by atoms with Crippen LogP contribution in [0.15, 0.2) is 34.4 Å². The van der Waals surface area contributed by atoms with E-state index < -0.39 is 0 Å². The van der Waals surface area contributed by atoms with Gasteiger partial charge in [0.1, 0.15) is 18.4 Å². The zero-order valence-electron chi connectivity index (χ0n) is 17.2. The van der Waals surface area contributed by atoms with E-state index in [1.165, 1.54) is 0 Å². The Morgan fingerprint density at radius 1 is 1.20 bits per heavy atom. The van der Waals surface area contributed by atoms with Crippen LogP contribution in [-0.4, -0.2) is 87.0 Å². The highest BCUT2D eigenvalue weighted by atomic mass is 127. The maximum atomic E-state index is 4.91. The first kappa shape index (κ1) is 22.2. The lowest BCUT2D eigenvalue weighted by atomic mass is 10.3. The molecule has 1 aliphatic rings. The molecule has 2 N–H and O–H groups in total. The summed E-state index contributed by atoms with van der Waals surface area (Å²) in [6, 6.07) is 1.91. The molecule has 0 amide bonds. The second kappa shape index (κ2) is 10.5. The number of aryl methyl sites for hydroxylation is 1. The Morgan fingerprint density at radius 2 is 2.03 bits per heavy atom. The number of nitrogens with zero attached hydrogens (tertiary/aromatic N) is 8. The van der Waals surface area contributed by atoms with E-state index in [1.807, 2.05) is 20.2 Å². The Morgan fingerprint density at radius 3 is 2.77 bits per heavy atom. The van der Waals surface area contributed by atoms with Gasteiger partial charge in [-0.3, -0.25) is 14.6 Å². The molecule has 4 rings (SSSR count). The van der Waals surface area contributed by atoms with Gasteiger partial charge in [0.2, 0.25) is 0 Å². The van der Waals surface area contributed by atoms with Gasteiger partial charge in [-0.1, -0.05) is 5.16 Å². The fourth-order valence-electron chi connectivity index (χ4n) is 3.46. The van der Waals surface area contributed by atoms with Crippen LogP contribution in [0, 0.1) is 0 Å². The Bertz CT molecular complexity index is 949. The smallest absolute Gasteiger partial charge is 0.193 e. The van der Waals surface area contributed by atoms with Crippen molar-refractivity contribution in [2.45, 2.75) is 6.54 Å². The topological polar surface area (TPSA) is 113 Å². The van der Waals surface area contributed by atoms with E-state index in [0.717, 1.165) is 67.8 Å². The maximum absolute atomic E-state index is 4.91. The molecule has 3 aromatic rings. The van der Waals surface area contributed by atoms with E-state index in [1.54, 1.807) is 23.5 Å². The Balaban J connectivity index is 0.00000256. The van der Waals surface area contributed by atoms with Gasteiger partial charge < -0.3 is 20.1 Å². The Labute approximate surface area is 191 Å². The molecule has 1 saturated heterocycles. The van der Waals surface area contributed by atoms with E-state index in [2.05, 4.69) is 45.6 Å². The molecular weight excluding hydrogens is 499 g/mol. The second-order valence-electron chi connectivity index (χ2n) is 6.88. The summed E-state index contributed by atoms with van der Waals surface area (Å²) in [5.74, 6) is 1.71.